The summed E-state index contributed by atoms with van der Waals surface area (Å²) in [5, 5.41) is 0. The van der Waals surface area contributed by atoms with Gasteiger partial charge in [0.05, 0.1) is 0 Å². The highest BCUT2D eigenvalue weighted by atomic mass is 16.7. The maximum atomic E-state index is 12.9. The molecule has 2 saturated carbocycles. The first kappa shape index (κ1) is 16.0. The fraction of sp³-hybridized carbons (Fsp3) is 0.600. The number of carbonyl (C=O) groups excluding carboxylic acids is 2. The van der Waals surface area contributed by atoms with Crippen molar-refractivity contribution in [3.05, 3.63) is 23.8 Å². The molecule has 0 N–H and O–H groups in total. The summed E-state index contributed by atoms with van der Waals surface area (Å²) in [6.45, 7) is 2.68. The molecular formula is C20H24N2O4. The van der Waals surface area contributed by atoms with Crippen LogP contribution in [0.5, 0.6) is 11.5 Å². The normalized spacial score (nSPS) is 29.3. The Morgan fingerprint density at radius 3 is 2.42 bits per heavy atom. The first-order valence-electron chi connectivity index (χ1n) is 9.67. The van der Waals surface area contributed by atoms with E-state index in [1.807, 2.05) is 9.80 Å². The van der Waals surface area contributed by atoms with Gasteiger partial charge in [-0.1, -0.05) is 6.42 Å². The van der Waals surface area contributed by atoms with Crippen molar-refractivity contribution >= 4 is 11.8 Å². The number of benzene rings is 1. The Morgan fingerprint density at radius 1 is 0.923 bits per heavy atom. The zero-order valence-corrected chi connectivity index (χ0v) is 14.9. The number of ether oxygens (including phenoxy) is 2. The second-order valence-corrected chi connectivity index (χ2v) is 7.97. The van der Waals surface area contributed by atoms with Gasteiger partial charge in [-0.25, -0.2) is 0 Å². The maximum absolute atomic E-state index is 12.9. The van der Waals surface area contributed by atoms with E-state index < -0.39 is 0 Å². The summed E-state index contributed by atoms with van der Waals surface area (Å²) >= 11 is 0. The molecule has 3 atom stereocenters. The molecule has 3 fully saturated rings. The Bertz CT molecular complexity index is 741. The third-order valence-electron chi connectivity index (χ3n) is 6.55. The van der Waals surface area contributed by atoms with Crippen LogP contribution in [0, 0.1) is 17.8 Å². The van der Waals surface area contributed by atoms with E-state index in [0.29, 0.717) is 55.1 Å². The number of amides is 2. The molecule has 6 nitrogen and oxygen atoms in total. The van der Waals surface area contributed by atoms with E-state index >= 15 is 0 Å². The van der Waals surface area contributed by atoms with E-state index in [4.69, 9.17) is 9.47 Å². The molecule has 138 valence electrons. The summed E-state index contributed by atoms with van der Waals surface area (Å²) in [7, 11) is 0. The molecule has 0 radical (unpaired) electrons. The van der Waals surface area contributed by atoms with Crippen LogP contribution >= 0.6 is 0 Å². The Morgan fingerprint density at radius 2 is 1.69 bits per heavy atom. The lowest BCUT2D eigenvalue weighted by atomic mass is 9.87. The highest BCUT2D eigenvalue weighted by molar-refractivity contribution is 5.95. The maximum Gasteiger partial charge on any atom is 0.254 e. The quantitative estimate of drug-likeness (QED) is 0.815. The molecule has 1 saturated heterocycles. The van der Waals surface area contributed by atoms with E-state index in [1.165, 1.54) is 19.3 Å². The summed E-state index contributed by atoms with van der Waals surface area (Å²) in [5.74, 6) is 3.26. The number of hydrogen-bond acceptors (Lipinski definition) is 4. The van der Waals surface area contributed by atoms with Gasteiger partial charge in [0, 0.05) is 37.7 Å². The number of piperazine rings is 1. The molecule has 2 amide bonds. The zero-order valence-electron chi connectivity index (χ0n) is 14.9. The average molecular weight is 356 g/mol. The van der Waals surface area contributed by atoms with Crippen LogP contribution in [0.25, 0.3) is 0 Å². The predicted octanol–water partition coefficient (Wildman–Crippen LogP) is 2.14. The molecule has 4 aliphatic rings. The van der Waals surface area contributed by atoms with Crippen LogP contribution in [0.1, 0.15) is 36.0 Å². The molecule has 1 aromatic carbocycles. The summed E-state index contributed by atoms with van der Waals surface area (Å²) in [6, 6.07) is 5.31. The smallest absolute Gasteiger partial charge is 0.254 e. The van der Waals surface area contributed by atoms with E-state index in [1.54, 1.807) is 18.2 Å². The van der Waals surface area contributed by atoms with Crippen molar-refractivity contribution < 1.29 is 19.1 Å². The molecule has 5 rings (SSSR count). The van der Waals surface area contributed by atoms with Gasteiger partial charge in [-0.15, -0.1) is 0 Å². The summed E-state index contributed by atoms with van der Waals surface area (Å²) in [4.78, 5) is 29.4. The van der Waals surface area contributed by atoms with Gasteiger partial charge >= 0.3 is 0 Å². The zero-order chi connectivity index (χ0) is 17.7. The van der Waals surface area contributed by atoms with Gasteiger partial charge in [0.15, 0.2) is 11.5 Å². The van der Waals surface area contributed by atoms with Gasteiger partial charge in [-0.05, 0) is 49.3 Å². The van der Waals surface area contributed by atoms with Gasteiger partial charge in [0.2, 0.25) is 12.7 Å². The van der Waals surface area contributed by atoms with Gasteiger partial charge in [0.25, 0.3) is 5.91 Å². The molecule has 1 aromatic rings. The molecular weight excluding hydrogens is 332 g/mol. The highest BCUT2D eigenvalue weighted by Crippen LogP contribution is 2.48. The Kier molecular flexibility index (Phi) is 3.80. The first-order valence-corrected chi connectivity index (χ1v) is 9.67. The minimum Gasteiger partial charge on any atom is -0.454 e. The van der Waals surface area contributed by atoms with Crippen LogP contribution in [-0.4, -0.2) is 54.6 Å². The van der Waals surface area contributed by atoms with Crippen LogP contribution < -0.4 is 9.47 Å². The minimum atomic E-state index is -0.00433. The van der Waals surface area contributed by atoms with Crippen LogP contribution in [0.3, 0.4) is 0 Å². The van der Waals surface area contributed by atoms with Gasteiger partial charge in [-0.3, -0.25) is 9.59 Å². The molecule has 2 aliphatic heterocycles. The molecule has 26 heavy (non-hydrogen) atoms. The summed E-state index contributed by atoms with van der Waals surface area (Å²) in [6.07, 6.45) is 4.87. The van der Waals surface area contributed by atoms with Crippen molar-refractivity contribution in [3.63, 3.8) is 0 Å². The van der Waals surface area contributed by atoms with Crippen LogP contribution in [-0.2, 0) is 4.79 Å². The summed E-state index contributed by atoms with van der Waals surface area (Å²) < 4.78 is 10.7. The summed E-state index contributed by atoms with van der Waals surface area (Å²) in [5.41, 5.74) is 0.613. The van der Waals surface area contributed by atoms with Crippen LogP contribution in [0.2, 0.25) is 0 Å². The van der Waals surface area contributed by atoms with E-state index in [9.17, 15) is 9.59 Å². The van der Waals surface area contributed by atoms with E-state index in [-0.39, 0.29) is 18.6 Å². The Hall–Kier alpha value is -2.24. The number of nitrogens with zero attached hydrogens (tertiary/aromatic N) is 2. The second-order valence-electron chi connectivity index (χ2n) is 7.97. The second kappa shape index (κ2) is 6.18. The lowest BCUT2D eigenvalue weighted by molar-refractivity contribution is -0.138. The largest absolute Gasteiger partial charge is 0.454 e. The van der Waals surface area contributed by atoms with Gasteiger partial charge in [0.1, 0.15) is 0 Å². The molecule has 2 heterocycles. The topological polar surface area (TPSA) is 59.1 Å². The predicted molar refractivity (Wildman–Crippen MR) is 94.0 cm³/mol. The number of carbonyl (C=O) groups is 2. The molecule has 2 bridgehead atoms. The van der Waals surface area contributed by atoms with Crippen molar-refractivity contribution in [1.29, 1.82) is 0 Å². The molecule has 6 heteroatoms. The highest BCUT2D eigenvalue weighted by Gasteiger charge is 2.44. The minimum absolute atomic E-state index is 0.00433. The number of hydrogen-bond donors (Lipinski definition) is 0. The molecule has 0 spiro atoms. The number of fused-ring (bicyclic) bond motifs is 3. The van der Waals surface area contributed by atoms with Gasteiger partial charge in [-0.2, -0.15) is 0 Å². The van der Waals surface area contributed by atoms with Crippen LogP contribution in [0.4, 0.5) is 0 Å². The fourth-order valence-electron chi connectivity index (χ4n) is 5.12. The van der Waals surface area contributed by atoms with Gasteiger partial charge < -0.3 is 19.3 Å². The van der Waals surface area contributed by atoms with Crippen LogP contribution in [0.15, 0.2) is 18.2 Å². The Balaban J connectivity index is 1.20. The average Bonchev–Trinajstić information content (AvgIpc) is 3.42. The standard InChI is InChI=1S/C20H24N2O4/c23-19(15-3-4-17-18(11-15)26-12-25-17)21-5-7-22(8-6-21)20(24)16-10-13-1-2-14(16)9-13/h3-4,11,13-14,16H,1-2,5-10,12H2. The first-order chi connectivity index (χ1) is 12.7. The van der Waals surface area contributed by atoms with Crippen molar-refractivity contribution in [2.24, 2.45) is 17.8 Å². The third kappa shape index (κ3) is 2.63. The van der Waals surface area contributed by atoms with E-state index in [2.05, 4.69) is 0 Å². The van der Waals surface area contributed by atoms with E-state index in [0.717, 1.165) is 12.3 Å². The third-order valence-corrected chi connectivity index (χ3v) is 6.55. The molecule has 0 aromatic heterocycles. The molecule has 2 aliphatic carbocycles. The fourth-order valence-corrected chi connectivity index (χ4v) is 5.12. The molecule has 3 unspecified atom stereocenters. The van der Waals surface area contributed by atoms with Crippen molar-refractivity contribution in [1.82, 2.24) is 9.80 Å². The van der Waals surface area contributed by atoms with Crippen molar-refractivity contribution in [2.75, 3.05) is 33.0 Å². The lowest BCUT2D eigenvalue weighted by Gasteiger charge is -2.37. The Labute approximate surface area is 153 Å². The SMILES string of the molecule is O=C(c1ccc2c(c1)OCO2)N1CCN(C(=O)C2CC3CCC2C3)CC1. The van der Waals surface area contributed by atoms with Crippen molar-refractivity contribution in [2.45, 2.75) is 25.7 Å². The monoisotopic (exact) mass is 356 g/mol. The number of rotatable bonds is 2. The van der Waals surface area contributed by atoms with Crippen molar-refractivity contribution in [3.8, 4) is 11.5 Å². The lowest BCUT2D eigenvalue weighted by Crippen LogP contribution is -2.52.